The number of carboxylic acids is 1. The van der Waals surface area contributed by atoms with E-state index in [1.54, 1.807) is 19.1 Å². The van der Waals surface area contributed by atoms with Gasteiger partial charge >= 0.3 is 5.97 Å². The molecule has 0 bridgehead atoms. The normalized spacial score (nSPS) is 22.0. The summed E-state index contributed by atoms with van der Waals surface area (Å²) in [6.07, 6.45) is 0.294. The van der Waals surface area contributed by atoms with Crippen LogP contribution in [0.15, 0.2) is 29.2 Å². The van der Waals surface area contributed by atoms with E-state index in [1.165, 1.54) is 23.4 Å². The minimum absolute atomic E-state index is 0.0295. The second-order valence-electron chi connectivity index (χ2n) is 6.01. The number of carbonyl (C=O) groups excluding carboxylic acids is 1. The summed E-state index contributed by atoms with van der Waals surface area (Å²) < 4.78 is 26.4. The molecule has 1 atom stereocenters. The number of aliphatic carboxylic acids is 1. The molecule has 0 radical (unpaired) electrons. The summed E-state index contributed by atoms with van der Waals surface area (Å²) in [5.41, 5.74) is -0.255. The van der Waals surface area contributed by atoms with Gasteiger partial charge in [0.05, 0.1) is 10.3 Å². The van der Waals surface area contributed by atoms with Gasteiger partial charge < -0.3 is 10.4 Å². The number of rotatable bonds is 5. The lowest BCUT2D eigenvalue weighted by atomic mass is 9.90. The summed E-state index contributed by atoms with van der Waals surface area (Å²) in [6, 6.07) is 6.22. The minimum Gasteiger partial charge on any atom is -0.481 e. The maximum absolute atomic E-state index is 12.6. The Balaban J connectivity index is 2.14. The van der Waals surface area contributed by atoms with E-state index in [9.17, 15) is 23.1 Å². The molecule has 1 saturated heterocycles. The number of nitrogens with one attached hydrogen (secondary N) is 1. The monoisotopic (exact) mass is 340 g/mol. The SMILES string of the molecule is CC(=O)NCc1ccc(S(=O)(=O)N2CCC(C)(C(=O)O)C2)cc1. The fourth-order valence-corrected chi connectivity index (χ4v) is 4.02. The van der Waals surface area contributed by atoms with Gasteiger partial charge in [-0.3, -0.25) is 9.59 Å². The Bertz CT molecular complexity index is 714. The summed E-state index contributed by atoms with van der Waals surface area (Å²) in [7, 11) is -3.71. The zero-order valence-electron chi connectivity index (χ0n) is 13.1. The average Bonchev–Trinajstić information content (AvgIpc) is 2.90. The van der Waals surface area contributed by atoms with Crippen LogP contribution in [0.3, 0.4) is 0 Å². The average molecular weight is 340 g/mol. The van der Waals surface area contributed by atoms with E-state index in [2.05, 4.69) is 5.32 Å². The highest BCUT2D eigenvalue weighted by molar-refractivity contribution is 7.89. The van der Waals surface area contributed by atoms with Crippen LogP contribution < -0.4 is 5.32 Å². The molecule has 0 aromatic heterocycles. The van der Waals surface area contributed by atoms with Crippen LogP contribution in [0.5, 0.6) is 0 Å². The number of nitrogens with zero attached hydrogens (tertiary/aromatic N) is 1. The van der Waals surface area contributed by atoms with Crippen molar-refractivity contribution < 1.29 is 23.1 Å². The van der Waals surface area contributed by atoms with Gasteiger partial charge in [0, 0.05) is 26.6 Å². The van der Waals surface area contributed by atoms with Gasteiger partial charge in [-0.05, 0) is 31.0 Å². The van der Waals surface area contributed by atoms with Gasteiger partial charge in [0.15, 0.2) is 0 Å². The molecule has 1 aromatic rings. The molecule has 1 aliphatic rings. The number of carboxylic acid groups (broad SMARTS) is 1. The van der Waals surface area contributed by atoms with E-state index in [0.29, 0.717) is 13.0 Å². The lowest BCUT2D eigenvalue weighted by Crippen LogP contribution is -2.34. The summed E-state index contributed by atoms with van der Waals surface area (Å²) in [5, 5.41) is 11.8. The van der Waals surface area contributed by atoms with Crippen LogP contribution in [0.25, 0.3) is 0 Å². The number of hydrogen-bond donors (Lipinski definition) is 2. The van der Waals surface area contributed by atoms with Crippen molar-refractivity contribution in [2.24, 2.45) is 5.41 Å². The lowest BCUT2D eigenvalue weighted by Gasteiger charge is -2.20. The fourth-order valence-electron chi connectivity index (χ4n) is 2.45. The fraction of sp³-hybridized carbons (Fsp3) is 0.467. The van der Waals surface area contributed by atoms with E-state index in [-0.39, 0.29) is 23.9 Å². The molecule has 1 unspecified atom stereocenters. The molecule has 23 heavy (non-hydrogen) atoms. The van der Waals surface area contributed by atoms with Crippen LogP contribution >= 0.6 is 0 Å². The molecule has 2 N–H and O–H groups in total. The van der Waals surface area contributed by atoms with Crippen LogP contribution in [0.1, 0.15) is 25.8 Å². The first kappa shape index (κ1) is 17.4. The second-order valence-corrected chi connectivity index (χ2v) is 7.95. The zero-order valence-corrected chi connectivity index (χ0v) is 13.9. The third-order valence-electron chi connectivity index (χ3n) is 4.06. The Morgan fingerprint density at radius 3 is 2.39 bits per heavy atom. The van der Waals surface area contributed by atoms with Gasteiger partial charge in [0.25, 0.3) is 0 Å². The highest BCUT2D eigenvalue weighted by Crippen LogP contribution is 2.33. The summed E-state index contributed by atoms with van der Waals surface area (Å²) in [4.78, 5) is 22.2. The first-order valence-corrected chi connectivity index (χ1v) is 8.66. The van der Waals surface area contributed by atoms with Crippen LogP contribution in [0, 0.1) is 5.41 Å². The summed E-state index contributed by atoms with van der Waals surface area (Å²) >= 11 is 0. The van der Waals surface area contributed by atoms with Crippen molar-refractivity contribution in [1.82, 2.24) is 9.62 Å². The third kappa shape index (κ3) is 3.70. The molecule has 1 aromatic carbocycles. The Hall–Kier alpha value is -1.93. The zero-order chi connectivity index (χ0) is 17.3. The van der Waals surface area contributed by atoms with E-state index in [4.69, 9.17) is 0 Å². The van der Waals surface area contributed by atoms with E-state index in [1.807, 2.05) is 0 Å². The maximum atomic E-state index is 12.6. The molecule has 0 aliphatic carbocycles. The molecule has 1 fully saturated rings. The minimum atomic E-state index is -3.71. The van der Waals surface area contributed by atoms with Crippen molar-refractivity contribution in [1.29, 1.82) is 0 Å². The smallest absolute Gasteiger partial charge is 0.310 e. The first-order chi connectivity index (χ1) is 10.6. The molecule has 126 valence electrons. The first-order valence-electron chi connectivity index (χ1n) is 7.22. The maximum Gasteiger partial charge on any atom is 0.310 e. The lowest BCUT2D eigenvalue weighted by molar-refractivity contribution is -0.146. The third-order valence-corrected chi connectivity index (χ3v) is 5.92. The quantitative estimate of drug-likeness (QED) is 0.825. The molecular formula is C15H20N2O5S. The van der Waals surface area contributed by atoms with Gasteiger partial charge in [-0.15, -0.1) is 0 Å². The van der Waals surface area contributed by atoms with Crippen molar-refractivity contribution in [3.63, 3.8) is 0 Å². The number of hydrogen-bond acceptors (Lipinski definition) is 4. The van der Waals surface area contributed by atoms with Gasteiger partial charge in [0.1, 0.15) is 0 Å². The van der Waals surface area contributed by atoms with Gasteiger partial charge in [0.2, 0.25) is 15.9 Å². The number of carbonyl (C=O) groups is 2. The number of amides is 1. The van der Waals surface area contributed by atoms with E-state index in [0.717, 1.165) is 5.56 Å². The Morgan fingerprint density at radius 2 is 1.91 bits per heavy atom. The highest BCUT2D eigenvalue weighted by Gasteiger charge is 2.44. The Labute approximate surface area is 135 Å². The molecule has 1 amide bonds. The van der Waals surface area contributed by atoms with Gasteiger partial charge in [-0.1, -0.05) is 12.1 Å². The van der Waals surface area contributed by atoms with Crippen molar-refractivity contribution in [3.05, 3.63) is 29.8 Å². The molecule has 0 saturated carbocycles. The van der Waals surface area contributed by atoms with Gasteiger partial charge in [-0.25, -0.2) is 8.42 Å². The molecule has 2 rings (SSSR count). The predicted molar refractivity (Wildman–Crippen MR) is 83.1 cm³/mol. The van der Waals surface area contributed by atoms with E-state index >= 15 is 0 Å². The second kappa shape index (κ2) is 6.29. The molecule has 0 spiro atoms. The highest BCUT2D eigenvalue weighted by atomic mass is 32.2. The Morgan fingerprint density at radius 1 is 1.30 bits per heavy atom. The van der Waals surface area contributed by atoms with Crippen molar-refractivity contribution >= 4 is 21.9 Å². The summed E-state index contributed by atoms with van der Waals surface area (Å²) in [5.74, 6) is -1.15. The van der Waals surface area contributed by atoms with Crippen molar-refractivity contribution in [2.45, 2.75) is 31.7 Å². The van der Waals surface area contributed by atoms with Crippen molar-refractivity contribution in [2.75, 3.05) is 13.1 Å². The topological polar surface area (TPSA) is 104 Å². The standard InChI is InChI=1S/C15H20N2O5S/c1-11(18)16-9-12-3-5-13(6-4-12)23(21,22)17-8-7-15(2,10-17)14(19)20/h3-6H,7-10H2,1-2H3,(H,16,18)(H,19,20). The van der Waals surface area contributed by atoms with Crippen molar-refractivity contribution in [3.8, 4) is 0 Å². The van der Waals surface area contributed by atoms with Gasteiger partial charge in [-0.2, -0.15) is 4.31 Å². The molecule has 1 aliphatic heterocycles. The number of benzene rings is 1. The van der Waals surface area contributed by atoms with E-state index < -0.39 is 21.4 Å². The molecule has 8 heteroatoms. The molecule has 1 heterocycles. The predicted octanol–water partition coefficient (Wildman–Crippen LogP) is 0.808. The van der Waals surface area contributed by atoms with Crippen LogP contribution in [-0.4, -0.2) is 42.8 Å². The number of sulfonamides is 1. The van der Waals surface area contributed by atoms with Crippen LogP contribution in [0.2, 0.25) is 0 Å². The largest absolute Gasteiger partial charge is 0.481 e. The van der Waals surface area contributed by atoms with Crippen LogP contribution in [-0.2, 0) is 26.2 Å². The summed E-state index contributed by atoms with van der Waals surface area (Å²) in [6.45, 7) is 3.46. The Kier molecular flexibility index (Phi) is 4.76. The molecular weight excluding hydrogens is 320 g/mol. The molecule has 7 nitrogen and oxygen atoms in total. The van der Waals surface area contributed by atoms with Crippen LogP contribution in [0.4, 0.5) is 0 Å².